The van der Waals surface area contributed by atoms with E-state index in [-0.39, 0.29) is 17.5 Å². The number of furan rings is 1. The Bertz CT molecular complexity index is 696. The minimum absolute atomic E-state index is 0.189. The summed E-state index contributed by atoms with van der Waals surface area (Å²) in [5.41, 5.74) is 0.385. The molecule has 0 aliphatic heterocycles. The van der Waals surface area contributed by atoms with Crippen LogP contribution in [0, 0.1) is 0 Å². The molecule has 2 N–H and O–H groups in total. The molecule has 0 spiro atoms. The van der Waals surface area contributed by atoms with Gasteiger partial charge in [-0.15, -0.1) is 0 Å². The molecule has 0 saturated heterocycles. The van der Waals surface area contributed by atoms with E-state index in [0.29, 0.717) is 10.2 Å². The summed E-state index contributed by atoms with van der Waals surface area (Å²) in [6.07, 6.45) is 0. The van der Waals surface area contributed by atoms with Crippen LogP contribution in [0.15, 0.2) is 48.8 Å². The van der Waals surface area contributed by atoms with Crippen LogP contribution in [-0.2, 0) is 16.6 Å². The number of anilines is 1. The molecule has 1 heterocycles. The van der Waals surface area contributed by atoms with Gasteiger partial charge in [0.05, 0.1) is 5.69 Å². The van der Waals surface area contributed by atoms with E-state index in [0.717, 1.165) is 4.47 Å². The molecule has 0 aliphatic rings. The van der Waals surface area contributed by atoms with Gasteiger partial charge >= 0.3 is 0 Å². The number of hydrogen-bond donors (Lipinski definition) is 2. The molecule has 0 atom stereocenters. The van der Waals surface area contributed by atoms with Crippen molar-refractivity contribution in [2.45, 2.75) is 11.7 Å². The van der Waals surface area contributed by atoms with E-state index >= 15 is 0 Å². The van der Waals surface area contributed by atoms with E-state index in [1.54, 1.807) is 18.2 Å². The second kappa shape index (κ2) is 5.66. The van der Waals surface area contributed by atoms with Crippen molar-refractivity contribution in [2.24, 2.45) is 0 Å². The predicted octanol–water partition coefficient (Wildman–Crippen LogP) is 3.10. The van der Waals surface area contributed by atoms with Gasteiger partial charge in [0, 0.05) is 8.95 Å². The summed E-state index contributed by atoms with van der Waals surface area (Å²) < 4.78 is 32.9. The summed E-state index contributed by atoms with van der Waals surface area (Å²) in [4.78, 5) is 0. The number of sulfonamides is 1. The summed E-state index contributed by atoms with van der Waals surface area (Å²) in [5, 5.41) is 8.62. The summed E-state index contributed by atoms with van der Waals surface area (Å²) in [7, 11) is -3.82. The van der Waals surface area contributed by atoms with E-state index in [1.165, 1.54) is 12.1 Å². The zero-order valence-corrected chi connectivity index (χ0v) is 13.4. The average molecular weight is 411 g/mol. The molecule has 0 radical (unpaired) electrons. The monoisotopic (exact) mass is 409 g/mol. The van der Waals surface area contributed by atoms with Gasteiger partial charge in [0.25, 0.3) is 10.0 Å². The number of aliphatic hydroxyl groups excluding tert-OH is 1. The third kappa shape index (κ3) is 3.38. The van der Waals surface area contributed by atoms with Crippen molar-refractivity contribution in [3.05, 3.63) is 45.0 Å². The second-order valence-electron chi connectivity index (χ2n) is 3.61. The second-order valence-corrected chi connectivity index (χ2v) is 6.99. The van der Waals surface area contributed by atoms with Crippen molar-refractivity contribution < 1.29 is 17.9 Å². The highest BCUT2D eigenvalue weighted by atomic mass is 79.9. The predicted molar refractivity (Wildman–Crippen MR) is 77.3 cm³/mol. The van der Waals surface area contributed by atoms with E-state index in [4.69, 9.17) is 9.52 Å². The molecular weight excluding hydrogens is 402 g/mol. The fourth-order valence-corrected chi connectivity index (χ4v) is 3.22. The minimum Gasteiger partial charge on any atom is -0.445 e. The Labute approximate surface area is 126 Å². The summed E-state index contributed by atoms with van der Waals surface area (Å²) in [6, 6.07) is 7.81. The zero-order chi connectivity index (χ0) is 14.0. The van der Waals surface area contributed by atoms with Crippen LogP contribution < -0.4 is 4.72 Å². The maximum atomic E-state index is 12.1. The van der Waals surface area contributed by atoms with Gasteiger partial charge in [0.15, 0.2) is 0 Å². The Morgan fingerprint density at radius 2 is 1.95 bits per heavy atom. The van der Waals surface area contributed by atoms with Crippen molar-refractivity contribution in [1.82, 2.24) is 0 Å². The molecule has 2 aromatic rings. The standard InChI is InChI=1S/C11H9Br2NO4S/c12-7-1-3-9(13)10(5-7)14-19(16,17)11-4-2-8(6-15)18-11/h1-5,14-15H,6H2. The number of hydrogen-bond acceptors (Lipinski definition) is 4. The SMILES string of the molecule is O=S(=O)(Nc1cc(Br)ccc1Br)c1ccc(CO)o1. The van der Waals surface area contributed by atoms with E-state index in [9.17, 15) is 8.42 Å². The van der Waals surface area contributed by atoms with Crippen molar-refractivity contribution in [2.75, 3.05) is 4.72 Å². The number of halogens is 2. The van der Waals surface area contributed by atoms with Crippen LogP contribution >= 0.6 is 31.9 Å². The summed E-state index contributed by atoms with van der Waals surface area (Å²) >= 11 is 6.52. The van der Waals surface area contributed by atoms with Gasteiger partial charge in [-0.05, 0) is 46.3 Å². The highest BCUT2D eigenvalue weighted by Crippen LogP contribution is 2.28. The molecule has 19 heavy (non-hydrogen) atoms. The number of rotatable bonds is 4. The molecule has 0 amide bonds. The molecule has 0 fully saturated rings. The molecule has 5 nitrogen and oxygen atoms in total. The smallest absolute Gasteiger partial charge is 0.295 e. The first-order valence-electron chi connectivity index (χ1n) is 5.10. The molecule has 0 aliphatic carbocycles. The Hall–Kier alpha value is -0.830. The number of nitrogens with one attached hydrogen (secondary N) is 1. The van der Waals surface area contributed by atoms with Crippen LogP contribution in [0.25, 0.3) is 0 Å². The molecule has 8 heteroatoms. The molecule has 102 valence electrons. The van der Waals surface area contributed by atoms with Crippen LogP contribution in [0.1, 0.15) is 5.76 Å². The van der Waals surface area contributed by atoms with Gasteiger partial charge in [-0.2, -0.15) is 8.42 Å². The van der Waals surface area contributed by atoms with Gasteiger partial charge in [-0.25, -0.2) is 0 Å². The Morgan fingerprint density at radius 3 is 2.58 bits per heavy atom. The van der Waals surface area contributed by atoms with Crippen LogP contribution in [0.5, 0.6) is 0 Å². The first kappa shape index (κ1) is 14.6. The number of aliphatic hydroxyl groups is 1. The lowest BCUT2D eigenvalue weighted by atomic mass is 10.3. The van der Waals surface area contributed by atoms with Gasteiger partial charge in [-0.1, -0.05) is 15.9 Å². The first-order valence-corrected chi connectivity index (χ1v) is 8.17. The summed E-state index contributed by atoms with van der Waals surface area (Å²) in [5.74, 6) is 0.189. The maximum absolute atomic E-state index is 12.1. The molecule has 1 aromatic heterocycles. The Morgan fingerprint density at radius 1 is 1.21 bits per heavy atom. The molecule has 1 aromatic carbocycles. The lowest BCUT2D eigenvalue weighted by Crippen LogP contribution is -2.12. The first-order chi connectivity index (χ1) is 8.92. The summed E-state index contributed by atoms with van der Waals surface area (Å²) in [6.45, 7) is -0.351. The van der Waals surface area contributed by atoms with Crippen molar-refractivity contribution in [3.63, 3.8) is 0 Å². The highest BCUT2D eigenvalue weighted by Gasteiger charge is 2.20. The maximum Gasteiger partial charge on any atom is 0.295 e. The van der Waals surface area contributed by atoms with E-state index in [2.05, 4.69) is 36.6 Å². The highest BCUT2D eigenvalue weighted by molar-refractivity contribution is 9.11. The van der Waals surface area contributed by atoms with Crippen molar-refractivity contribution >= 4 is 47.6 Å². The lowest BCUT2D eigenvalue weighted by Gasteiger charge is -2.08. The molecular formula is C11H9Br2NO4S. The van der Waals surface area contributed by atoms with Crippen LogP contribution in [0.4, 0.5) is 5.69 Å². The third-order valence-corrected chi connectivity index (χ3v) is 4.65. The third-order valence-electron chi connectivity index (χ3n) is 2.23. The van der Waals surface area contributed by atoms with Gasteiger partial charge < -0.3 is 9.52 Å². The lowest BCUT2D eigenvalue weighted by molar-refractivity contribution is 0.236. The average Bonchev–Trinajstić information content (AvgIpc) is 2.83. The van der Waals surface area contributed by atoms with Gasteiger partial charge in [0.2, 0.25) is 5.09 Å². The van der Waals surface area contributed by atoms with Gasteiger partial charge in [0.1, 0.15) is 12.4 Å². The minimum atomic E-state index is -3.82. The van der Waals surface area contributed by atoms with Crippen LogP contribution in [-0.4, -0.2) is 13.5 Å². The molecule has 2 rings (SSSR count). The fourth-order valence-electron chi connectivity index (χ4n) is 1.36. The van der Waals surface area contributed by atoms with Crippen LogP contribution in [0.2, 0.25) is 0 Å². The number of benzene rings is 1. The quantitative estimate of drug-likeness (QED) is 0.811. The van der Waals surface area contributed by atoms with E-state index < -0.39 is 10.0 Å². The fraction of sp³-hybridized carbons (Fsp3) is 0.0909. The van der Waals surface area contributed by atoms with Crippen molar-refractivity contribution in [1.29, 1.82) is 0 Å². The normalized spacial score (nSPS) is 11.5. The van der Waals surface area contributed by atoms with Crippen molar-refractivity contribution in [3.8, 4) is 0 Å². The Kier molecular flexibility index (Phi) is 4.34. The molecule has 0 saturated carbocycles. The topological polar surface area (TPSA) is 79.5 Å². The Balaban J connectivity index is 2.33. The largest absolute Gasteiger partial charge is 0.445 e. The van der Waals surface area contributed by atoms with E-state index in [1.807, 2.05) is 0 Å². The van der Waals surface area contributed by atoms with Gasteiger partial charge in [-0.3, -0.25) is 4.72 Å². The molecule has 0 unspecified atom stereocenters. The zero-order valence-electron chi connectivity index (χ0n) is 9.43. The molecule has 0 bridgehead atoms. The van der Waals surface area contributed by atoms with Crippen LogP contribution in [0.3, 0.4) is 0 Å².